The highest BCUT2D eigenvalue weighted by Gasteiger charge is 2.35. The van der Waals surface area contributed by atoms with Gasteiger partial charge in [0, 0.05) is 29.1 Å². The molecule has 3 rings (SSSR count). The maximum absolute atomic E-state index is 12.7. The number of hydrogen-bond acceptors (Lipinski definition) is 3. The molecule has 2 unspecified atom stereocenters. The second-order valence-corrected chi connectivity index (χ2v) is 7.58. The van der Waals surface area contributed by atoms with Crippen molar-refractivity contribution in [1.82, 2.24) is 0 Å². The van der Waals surface area contributed by atoms with Gasteiger partial charge in [0.1, 0.15) is 0 Å². The fourth-order valence-corrected chi connectivity index (χ4v) is 5.28. The van der Waals surface area contributed by atoms with Crippen molar-refractivity contribution >= 4 is 17.5 Å². The van der Waals surface area contributed by atoms with Crippen LogP contribution in [-0.2, 0) is 11.3 Å². The number of benzene rings is 1. The summed E-state index contributed by atoms with van der Waals surface area (Å²) in [5.74, 6) is 0.603. The molecule has 2 bridgehead atoms. The molecule has 1 aromatic rings. The molecule has 0 aliphatic carbocycles. The summed E-state index contributed by atoms with van der Waals surface area (Å²) in [5, 5.41) is 1.45. The lowest BCUT2D eigenvalue weighted by molar-refractivity contribution is 0.0896. The van der Waals surface area contributed by atoms with E-state index in [-0.39, 0.29) is 5.92 Å². The molecule has 0 aromatic heterocycles. The van der Waals surface area contributed by atoms with Gasteiger partial charge < -0.3 is 4.74 Å². The SMILES string of the molecule is COCc1ccc(C(=O)C2CC3CCCC(C2)S3)cc1. The van der Waals surface area contributed by atoms with Crippen molar-refractivity contribution < 1.29 is 9.53 Å². The molecule has 0 spiro atoms. The first-order chi connectivity index (χ1) is 9.76. The number of ether oxygens (including phenoxy) is 1. The lowest BCUT2D eigenvalue weighted by atomic mass is 9.84. The first-order valence-electron chi connectivity index (χ1n) is 7.54. The van der Waals surface area contributed by atoms with E-state index in [9.17, 15) is 4.79 Å². The summed E-state index contributed by atoms with van der Waals surface area (Å²) in [6.45, 7) is 0.610. The van der Waals surface area contributed by atoms with E-state index in [1.165, 1.54) is 19.3 Å². The van der Waals surface area contributed by atoms with Crippen molar-refractivity contribution in [3.05, 3.63) is 35.4 Å². The highest BCUT2D eigenvalue weighted by Crippen LogP contribution is 2.44. The third kappa shape index (κ3) is 3.09. The summed E-state index contributed by atoms with van der Waals surface area (Å²) < 4.78 is 5.11. The van der Waals surface area contributed by atoms with Crippen LogP contribution in [-0.4, -0.2) is 23.4 Å². The predicted octanol–water partition coefficient (Wildman–Crippen LogP) is 4.08. The predicted molar refractivity (Wildman–Crippen MR) is 83.2 cm³/mol. The van der Waals surface area contributed by atoms with Crippen LogP contribution >= 0.6 is 11.8 Å². The van der Waals surface area contributed by atoms with E-state index in [2.05, 4.69) is 11.8 Å². The molecule has 2 heterocycles. The van der Waals surface area contributed by atoms with E-state index in [0.29, 0.717) is 12.4 Å². The topological polar surface area (TPSA) is 26.3 Å². The van der Waals surface area contributed by atoms with Crippen LogP contribution in [0, 0.1) is 5.92 Å². The number of carbonyl (C=O) groups is 1. The van der Waals surface area contributed by atoms with Gasteiger partial charge in [-0.2, -0.15) is 11.8 Å². The zero-order valence-electron chi connectivity index (χ0n) is 12.0. The number of rotatable bonds is 4. The van der Waals surface area contributed by atoms with Crippen molar-refractivity contribution in [3.8, 4) is 0 Å². The second kappa shape index (κ2) is 6.31. The van der Waals surface area contributed by atoms with Crippen molar-refractivity contribution in [2.45, 2.75) is 49.2 Å². The Kier molecular flexibility index (Phi) is 4.47. The van der Waals surface area contributed by atoms with E-state index < -0.39 is 0 Å². The summed E-state index contributed by atoms with van der Waals surface area (Å²) in [7, 11) is 1.69. The van der Waals surface area contributed by atoms with Crippen molar-refractivity contribution in [2.75, 3.05) is 7.11 Å². The molecule has 0 saturated carbocycles. The molecule has 2 atom stereocenters. The number of hydrogen-bond donors (Lipinski definition) is 0. The van der Waals surface area contributed by atoms with Gasteiger partial charge in [-0.3, -0.25) is 4.79 Å². The highest BCUT2D eigenvalue weighted by atomic mass is 32.2. The Balaban J connectivity index is 1.68. The molecule has 2 aliphatic heterocycles. The van der Waals surface area contributed by atoms with Gasteiger partial charge in [0.2, 0.25) is 0 Å². The fourth-order valence-electron chi connectivity index (χ4n) is 3.44. The number of carbonyl (C=O) groups excluding carboxylic acids is 1. The third-order valence-corrected chi connectivity index (χ3v) is 6.08. The van der Waals surface area contributed by atoms with Crippen LogP contribution in [0.15, 0.2) is 24.3 Å². The quantitative estimate of drug-likeness (QED) is 0.782. The smallest absolute Gasteiger partial charge is 0.166 e. The van der Waals surface area contributed by atoms with Crippen LogP contribution in [0.4, 0.5) is 0 Å². The van der Waals surface area contributed by atoms with Crippen molar-refractivity contribution in [2.24, 2.45) is 5.92 Å². The third-order valence-electron chi connectivity index (χ3n) is 4.45. The van der Waals surface area contributed by atoms with Crippen LogP contribution in [0.5, 0.6) is 0 Å². The molecule has 0 N–H and O–H groups in total. The first-order valence-corrected chi connectivity index (χ1v) is 8.48. The number of fused-ring (bicyclic) bond motifs is 2. The standard InChI is InChI=1S/C17H22O2S/c1-19-11-12-5-7-13(8-6-12)17(18)14-9-15-3-2-4-16(10-14)20-15/h5-8,14-16H,2-4,9-11H2,1H3. The lowest BCUT2D eigenvalue weighted by Gasteiger charge is -2.37. The molecule has 2 aliphatic rings. The normalized spacial score (nSPS) is 29.1. The average Bonchev–Trinajstić information content (AvgIpc) is 2.47. The van der Waals surface area contributed by atoms with Gasteiger partial charge in [-0.05, 0) is 31.2 Å². The van der Waals surface area contributed by atoms with Gasteiger partial charge in [-0.25, -0.2) is 0 Å². The van der Waals surface area contributed by atoms with Gasteiger partial charge in [-0.15, -0.1) is 0 Å². The van der Waals surface area contributed by atoms with Gasteiger partial charge in [-0.1, -0.05) is 30.7 Å². The molecule has 0 amide bonds. The zero-order chi connectivity index (χ0) is 13.9. The van der Waals surface area contributed by atoms with Gasteiger partial charge in [0.25, 0.3) is 0 Å². The molecule has 20 heavy (non-hydrogen) atoms. The van der Waals surface area contributed by atoms with E-state index in [4.69, 9.17) is 4.74 Å². The summed E-state index contributed by atoms with van der Waals surface area (Å²) in [4.78, 5) is 12.7. The summed E-state index contributed by atoms with van der Waals surface area (Å²) in [5.41, 5.74) is 2.00. The molecule has 2 nitrogen and oxygen atoms in total. The van der Waals surface area contributed by atoms with Gasteiger partial charge >= 0.3 is 0 Å². The molecule has 2 saturated heterocycles. The van der Waals surface area contributed by atoms with Crippen LogP contribution in [0.1, 0.15) is 48.0 Å². The van der Waals surface area contributed by atoms with Crippen molar-refractivity contribution in [1.29, 1.82) is 0 Å². The van der Waals surface area contributed by atoms with E-state index in [0.717, 1.165) is 34.5 Å². The van der Waals surface area contributed by atoms with Crippen molar-refractivity contribution in [3.63, 3.8) is 0 Å². The van der Waals surface area contributed by atoms with Crippen LogP contribution in [0.25, 0.3) is 0 Å². The van der Waals surface area contributed by atoms with Gasteiger partial charge in [0.15, 0.2) is 5.78 Å². The van der Waals surface area contributed by atoms with Crippen LogP contribution in [0.3, 0.4) is 0 Å². The molecule has 108 valence electrons. The largest absolute Gasteiger partial charge is 0.380 e. The Bertz CT molecular complexity index is 456. The molecule has 0 radical (unpaired) electrons. The number of Topliss-reactive ketones (excluding diaryl/α,β-unsaturated/α-hetero) is 1. The Morgan fingerprint density at radius 1 is 1.20 bits per heavy atom. The molecular formula is C17H22O2S. The molecular weight excluding hydrogens is 268 g/mol. The second-order valence-electron chi connectivity index (χ2n) is 5.97. The lowest BCUT2D eigenvalue weighted by Crippen LogP contribution is -2.32. The summed E-state index contributed by atoms with van der Waals surface area (Å²) >= 11 is 2.13. The fraction of sp³-hybridized carbons (Fsp3) is 0.588. The minimum atomic E-state index is 0.250. The average molecular weight is 290 g/mol. The number of methoxy groups -OCH3 is 1. The Morgan fingerprint density at radius 2 is 1.85 bits per heavy atom. The minimum absolute atomic E-state index is 0.250. The maximum atomic E-state index is 12.7. The van der Waals surface area contributed by atoms with E-state index in [1.54, 1.807) is 7.11 Å². The van der Waals surface area contributed by atoms with Gasteiger partial charge in [0.05, 0.1) is 6.61 Å². The van der Waals surface area contributed by atoms with Crippen LogP contribution in [0.2, 0.25) is 0 Å². The number of ketones is 1. The zero-order valence-corrected chi connectivity index (χ0v) is 12.8. The number of thioether (sulfide) groups is 1. The minimum Gasteiger partial charge on any atom is -0.380 e. The molecule has 1 aromatic carbocycles. The van der Waals surface area contributed by atoms with Crippen LogP contribution < -0.4 is 0 Å². The monoisotopic (exact) mass is 290 g/mol. The Labute approximate surface area is 125 Å². The Hall–Kier alpha value is -0.800. The van der Waals surface area contributed by atoms with E-state index >= 15 is 0 Å². The highest BCUT2D eigenvalue weighted by molar-refractivity contribution is 8.00. The molecule has 2 fully saturated rings. The first kappa shape index (κ1) is 14.2. The maximum Gasteiger partial charge on any atom is 0.166 e. The summed E-state index contributed by atoms with van der Waals surface area (Å²) in [6, 6.07) is 7.95. The Morgan fingerprint density at radius 3 is 2.45 bits per heavy atom. The van der Waals surface area contributed by atoms with E-state index in [1.807, 2.05) is 24.3 Å². The molecule has 3 heteroatoms. The summed E-state index contributed by atoms with van der Waals surface area (Å²) in [6.07, 6.45) is 6.13.